The monoisotopic (exact) mass is 269 g/mol. The summed E-state index contributed by atoms with van der Waals surface area (Å²) in [4.78, 5) is 2.33. The first-order valence-corrected chi connectivity index (χ1v) is 6.82. The number of rotatable bonds is 4. The molecule has 1 heterocycles. The second kappa shape index (κ2) is 6.41. The van der Waals surface area contributed by atoms with E-state index < -0.39 is 0 Å². The van der Waals surface area contributed by atoms with Crippen LogP contribution in [0.25, 0.3) is 0 Å². The smallest absolute Gasteiger partial charge is 0.137 e. The predicted molar refractivity (Wildman–Crippen MR) is 73.3 cm³/mol. The Morgan fingerprint density at radius 1 is 1.33 bits per heavy atom. The molecule has 0 aliphatic carbocycles. The second-order valence-corrected chi connectivity index (χ2v) is 5.10. The van der Waals surface area contributed by atoms with Gasteiger partial charge in [-0.05, 0) is 43.6 Å². The summed E-state index contributed by atoms with van der Waals surface area (Å²) < 4.78 is 5.15. The number of hydrogen-bond acceptors (Lipinski definition) is 3. The summed E-state index contributed by atoms with van der Waals surface area (Å²) in [6.45, 7) is 2.23. The number of halogens is 1. The van der Waals surface area contributed by atoms with Crippen molar-refractivity contribution < 1.29 is 9.84 Å². The van der Waals surface area contributed by atoms with Gasteiger partial charge in [0.25, 0.3) is 0 Å². The van der Waals surface area contributed by atoms with Crippen molar-refractivity contribution in [2.24, 2.45) is 0 Å². The van der Waals surface area contributed by atoms with Gasteiger partial charge in [-0.2, -0.15) is 0 Å². The SMILES string of the molecule is COc1ccc(C(CO)N2CCCCC2)cc1Cl. The highest BCUT2D eigenvalue weighted by Gasteiger charge is 2.22. The average molecular weight is 270 g/mol. The average Bonchev–Trinajstić information content (AvgIpc) is 2.41. The van der Waals surface area contributed by atoms with Crippen LogP contribution >= 0.6 is 11.6 Å². The summed E-state index contributed by atoms with van der Waals surface area (Å²) in [5, 5.41) is 10.2. The molecule has 1 saturated heterocycles. The molecule has 1 fully saturated rings. The molecular weight excluding hydrogens is 250 g/mol. The molecule has 1 unspecified atom stereocenters. The molecule has 1 aliphatic heterocycles. The lowest BCUT2D eigenvalue weighted by Crippen LogP contribution is -2.35. The fourth-order valence-electron chi connectivity index (χ4n) is 2.55. The first-order valence-electron chi connectivity index (χ1n) is 6.44. The van der Waals surface area contributed by atoms with E-state index in [9.17, 15) is 5.11 Å². The van der Waals surface area contributed by atoms with Gasteiger partial charge >= 0.3 is 0 Å². The van der Waals surface area contributed by atoms with Gasteiger partial charge in [-0.15, -0.1) is 0 Å². The minimum absolute atomic E-state index is 0.0497. The Kier molecular flexibility index (Phi) is 4.87. The molecule has 0 aromatic heterocycles. The summed E-state index contributed by atoms with van der Waals surface area (Å²) in [5.74, 6) is 0.677. The van der Waals surface area contributed by atoms with E-state index in [0.29, 0.717) is 10.8 Å². The molecule has 3 nitrogen and oxygen atoms in total. The van der Waals surface area contributed by atoms with Crippen LogP contribution < -0.4 is 4.74 Å². The Morgan fingerprint density at radius 2 is 2.06 bits per heavy atom. The summed E-state index contributed by atoms with van der Waals surface area (Å²) >= 11 is 6.14. The molecule has 2 rings (SSSR count). The molecular formula is C14H20ClNO2. The van der Waals surface area contributed by atoms with E-state index in [1.807, 2.05) is 18.2 Å². The van der Waals surface area contributed by atoms with Gasteiger partial charge in [0.05, 0.1) is 24.8 Å². The fourth-order valence-corrected chi connectivity index (χ4v) is 2.82. The summed E-state index contributed by atoms with van der Waals surface area (Å²) in [5.41, 5.74) is 1.06. The summed E-state index contributed by atoms with van der Waals surface area (Å²) in [7, 11) is 1.61. The van der Waals surface area contributed by atoms with Crippen molar-refractivity contribution in [2.75, 3.05) is 26.8 Å². The number of methoxy groups -OCH3 is 1. The van der Waals surface area contributed by atoms with Gasteiger partial charge in [0.15, 0.2) is 0 Å². The Morgan fingerprint density at radius 3 is 2.61 bits per heavy atom. The van der Waals surface area contributed by atoms with Crippen molar-refractivity contribution in [1.82, 2.24) is 4.90 Å². The number of benzene rings is 1. The Balaban J connectivity index is 2.18. The van der Waals surface area contributed by atoms with Crippen LogP contribution in [0.2, 0.25) is 5.02 Å². The minimum Gasteiger partial charge on any atom is -0.495 e. The maximum absolute atomic E-state index is 9.63. The number of hydrogen-bond donors (Lipinski definition) is 1. The molecule has 0 radical (unpaired) electrons. The largest absolute Gasteiger partial charge is 0.495 e. The molecule has 1 aliphatic rings. The molecule has 1 N–H and O–H groups in total. The number of aliphatic hydroxyl groups is 1. The number of piperidine rings is 1. The molecule has 0 saturated carbocycles. The van der Waals surface area contributed by atoms with Gasteiger partial charge in [-0.3, -0.25) is 4.90 Å². The van der Waals surface area contributed by atoms with Crippen LogP contribution in [-0.4, -0.2) is 36.8 Å². The van der Waals surface area contributed by atoms with E-state index in [0.717, 1.165) is 18.7 Å². The predicted octanol–water partition coefficient (Wildman–Crippen LogP) is 2.87. The first kappa shape index (κ1) is 13.7. The topological polar surface area (TPSA) is 32.7 Å². The number of ether oxygens (including phenoxy) is 1. The van der Waals surface area contributed by atoms with Gasteiger partial charge < -0.3 is 9.84 Å². The lowest BCUT2D eigenvalue weighted by molar-refractivity contribution is 0.104. The van der Waals surface area contributed by atoms with E-state index in [-0.39, 0.29) is 12.6 Å². The zero-order valence-electron chi connectivity index (χ0n) is 10.7. The van der Waals surface area contributed by atoms with E-state index in [1.165, 1.54) is 19.3 Å². The normalized spacial score (nSPS) is 18.6. The lowest BCUT2D eigenvalue weighted by atomic mass is 10.0. The van der Waals surface area contributed by atoms with Crippen LogP contribution in [-0.2, 0) is 0 Å². The second-order valence-electron chi connectivity index (χ2n) is 4.69. The molecule has 4 heteroatoms. The molecule has 1 atom stereocenters. The molecule has 1 aromatic rings. The number of likely N-dealkylation sites (tertiary alicyclic amines) is 1. The molecule has 1 aromatic carbocycles. The highest BCUT2D eigenvalue weighted by molar-refractivity contribution is 6.32. The molecule has 18 heavy (non-hydrogen) atoms. The van der Waals surface area contributed by atoms with Crippen LogP contribution in [0.1, 0.15) is 30.9 Å². The van der Waals surface area contributed by atoms with E-state index >= 15 is 0 Å². The third-order valence-corrected chi connectivity index (χ3v) is 3.86. The van der Waals surface area contributed by atoms with E-state index in [2.05, 4.69) is 4.90 Å². The third-order valence-electron chi connectivity index (χ3n) is 3.56. The molecule has 0 amide bonds. The highest BCUT2D eigenvalue weighted by atomic mass is 35.5. The highest BCUT2D eigenvalue weighted by Crippen LogP contribution is 2.30. The van der Waals surface area contributed by atoms with Crippen LogP contribution in [0.3, 0.4) is 0 Å². The summed E-state index contributed by atoms with van der Waals surface area (Å²) in [6.07, 6.45) is 3.71. The summed E-state index contributed by atoms with van der Waals surface area (Å²) in [6, 6.07) is 5.80. The van der Waals surface area contributed by atoms with Gasteiger partial charge in [-0.1, -0.05) is 24.1 Å². The van der Waals surface area contributed by atoms with Gasteiger partial charge in [0, 0.05) is 0 Å². The number of nitrogens with zero attached hydrogens (tertiary/aromatic N) is 1. The zero-order chi connectivity index (χ0) is 13.0. The van der Waals surface area contributed by atoms with Crippen LogP contribution in [0, 0.1) is 0 Å². The molecule has 0 spiro atoms. The van der Waals surface area contributed by atoms with E-state index in [1.54, 1.807) is 7.11 Å². The van der Waals surface area contributed by atoms with Crippen LogP contribution in [0.5, 0.6) is 5.75 Å². The van der Waals surface area contributed by atoms with Crippen molar-refractivity contribution in [1.29, 1.82) is 0 Å². The van der Waals surface area contributed by atoms with Gasteiger partial charge in [0.2, 0.25) is 0 Å². The Bertz CT molecular complexity index is 391. The van der Waals surface area contributed by atoms with Crippen LogP contribution in [0.4, 0.5) is 0 Å². The minimum atomic E-state index is 0.0497. The third kappa shape index (κ3) is 2.97. The Labute approximate surface area is 113 Å². The lowest BCUT2D eigenvalue weighted by Gasteiger charge is -2.33. The quantitative estimate of drug-likeness (QED) is 0.912. The maximum atomic E-state index is 9.63. The molecule has 0 bridgehead atoms. The van der Waals surface area contributed by atoms with Crippen molar-refractivity contribution in [3.05, 3.63) is 28.8 Å². The van der Waals surface area contributed by atoms with Crippen molar-refractivity contribution in [2.45, 2.75) is 25.3 Å². The van der Waals surface area contributed by atoms with Crippen molar-refractivity contribution in [3.63, 3.8) is 0 Å². The number of aliphatic hydroxyl groups excluding tert-OH is 1. The Hall–Kier alpha value is -0.770. The fraction of sp³-hybridized carbons (Fsp3) is 0.571. The van der Waals surface area contributed by atoms with Crippen LogP contribution in [0.15, 0.2) is 18.2 Å². The van der Waals surface area contributed by atoms with Crippen molar-refractivity contribution in [3.8, 4) is 5.75 Å². The standard InChI is InChI=1S/C14H20ClNO2/c1-18-14-6-5-11(9-12(14)15)13(10-17)16-7-3-2-4-8-16/h5-6,9,13,17H,2-4,7-8,10H2,1H3. The maximum Gasteiger partial charge on any atom is 0.137 e. The van der Waals surface area contributed by atoms with Gasteiger partial charge in [0.1, 0.15) is 5.75 Å². The first-order chi connectivity index (χ1) is 8.76. The van der Waals surface area contributed by atoms with E-state index in [4.69, 9.17) is 16.3 Å². The zero-order valence-corrected chi connectivity index (χ0v) is 11.5. The van der Waals surface area contributed by atoms with Crippen molar-refractivity contribution >= 4 is 11.6 Å². The van der Waals surface area contributed by atoms with Gasteiger partial charge in [-0.25, -0.2) is 0 Å². The molecule has 100 valence electrons.